The van der Waals surface area contributed by atoms with Crippen LogP contribution < -0.4 is 5.73 Å². The Morgan fingerprint density at radius 2 is 2.00 bits per heavy atom. The molecule has 2 atom stereocenters. The highest BCUT2D eigenvalue weighted by Gasteiger charge is 2.17. The third-order valence-corrected chi connectivity index (χ3v) is 2.32. The lowest BCUT2D eigenvalue weighted by Crippen LogP contribution is -2.44. The van der Waals surface area contributed by atoms with Crippen LogP contribution in [0, 0.1) is 0 Å². The van der Waals surface area contributed by atoms with Crippen LogP contribution in [0.25, 0.3) is 0 Å². The standard InChI is InChI=1S/C8H21N2P/c1-4-6-10(11)7-8(3,9)5-2/h4-7,9,11H2,1-3H3. The Kier molecular flexibility index (Phi) is 5.24. The molecule has 0 saturated carbocycles. The van der Waals surface area contributed by atoms with E-state index in [1.165, 1.54) is 6.42 Å². The molecule has 11 heavy (non-hydrogen) atoms. The second kappa shape index (κ2) is 5.08. The molecule has 0 aliphatic carbocycles. The Morgan fingerprint density at radius 3 is 2.36 bits per heavy atom. The molecule has 0 aromatic rings. The molecule has 0 radical (unpaired) electrons. The van der Waals surface area contributed by atoms with Crippen LogP contribution in [-0.4, -0.2) is 23.3 Å². The van der Waals surface area contributed by atoms with Gasteiger partial charge in [-0.05, 0) is 19.8 Å². The fourth-order valence-electron chi connectivity index (χ4n) is 0.942. The van der Waals surface area contributed by atoms with Crippen LogP contribution in [0.5, 0.6) is 0 Å². The molecular formula is C8H21N2P. The normalized spacial score (nSPS) is 16.9. The molecule has 0 rings (SSSR count). The molecule has 0 aromatic heterocycles. The summed E-state index contributed by atoms with van der Waals surface area (Å²) in [4.78, 5) is 0. The van der Waals surface area contributed by atoms with Crippen molar-refractivity contribution < 1.29 is 0 Å². The van der Waals surface area contributed by atoms with Crippen molar-refractivity contribution in [2.75, 3.05) is 13.1 Å². The summed E-state index contributed by atoms with van der Waals surface area (Å²) in [6.45, 7) is 8.47. The summed E-state index contributed by atoms with van der Waals surface area (Å²) >= 11 is 0. The average molecular weight is 176 g/mol. The van der Waals surface area contributed by atoms with Gasteiger partial charge >= 0.3 is 0 Å². The minimum atomic E-state index is -0.0308. The summed E-state index contributed by atoms with van der Waals surface area (Å²) < 4.78 is 2.21. The maximum absolute atomic E-state index is 5.99. The highest BCUT2D eigenvalue weighted by atomic mass is 31.0. The Balaban J connectivity index is 3.64. The van der Waals surface area contributed by atoms with Gasteiger partial charge in [0, 0.05) is 18.6 Å². The van der Waals surface area contributed by atoms with Gasteiger partial charge < -0.3 is 5.73 Å². The lowest BCUT2D eigenvalue weighted by atomic mass is 10.0. The van der Waals surface area contributed by atoms with Crippen LogP contribution in [0.2, 0.25) is 0 Å². The molecule has 3 heteroatoms. The molecule has 0 aliphatic heterocycles. The Hall–Kier alpha value is 0.350. The van der Waals surface area contributed by atoms with E-state index in [1.54, 1.807) is 0 Å². The summed E-state index contributed by atoms with van der Waals surface area (Å²) in [6.07, 6.45) is 2.21. The van der Waals surface area contributed by atoms with Crippen molar-refractivity contribution in [3.8, 4) is 0 Å². The summed E-state index contributed by atoms with van der Waals surface area (Å²) in [6, 6.07) is 0. The summed E-state index contributed by atoms with van der Waals surface area (Å²) in [7, 11) is 2.72. The topological polar surface area (TPSA) is 29.3 Å². The van der Waals surface area contributed by atoms with Crippen LogP contribution in [0.15, 0.2) is 0 Å². The molecule has 0 spiro atoms. The molecule has 0 saturated heterocycles. The largest absolute Gasteiger partial charge is 0.324 e. The van der Waals surface area contributed by atoms with Crippen LogP contribution in [0.1, 0.15) is 33.6 Å². The van der Waals surface area contributed by atoms with E-state index in [0.717, 1.165) is 19.5 Å². The number of nitrogens with zero attached hydrogens (tertiary/aromatic N) is 1. The highest BCUT2D eigenvalue weighted by Crippen LogP contribution is 2.10. The molecule has 2 nitrogen and oxygen atoms in total. The summed E-state index contributed by atoms with van der Waals surface area (Å²) in [5.74, 6) is 0. The monoisotopic (exact) mass is 176 g/mol. The van der Waals surface area contributed by atoms with Crippen molar-refractivity contribution in [1.82, 2.24) is 4.67 Å². The van der Waals surface area contributed by atoms with E-state index < -0.39 is 0 Å². The predicted molar refractivity (Wildman–Crippen MR) is 54.5 cm³/mol. The minimum Gasteiger partial charge on any atom is -0.324 e. The lowest BCUT2D eigenvalue weighted by Gasteiger charge is -2.28. The van der Waals surface area contributed by atoms with E-state index in [9.17, 15) is 0 Å². The van der Waals surface area contributed by atoms with Crippen molar-refractivity contribution in [1.29, 1.82) is 0 Å². The van der Waals surface area contributed by atoms with Gasteiger partial charge in [0.15, 0.2) is 0 Å². The molecule has 0 fully saturated rings. The molecular weight excluding hydrogens is 155 g/mol. The van der Waals surface area contributed by atoms with Gasteiger partial charge in [-0.15, -0.1) is 0 Å². The minimum absolute atomic E-state index is 0.0308. The van der Waals surface area contributed by atoms with Crippen LogP contribution in [-0.2, 0) is 0 Å². The fraction of sp³-hybridized carbons (Fsp3) is 1.00. The number of hydrogen-bond acceptors (Lipinski definition) is 2. The Labute approximate surface area is 72.8 Å². The fourth-order valence-corrected chi connectivity index (χ4v) is 1.62. The SMILES string of the molecule is CCCN(P)CC(C)(N)CC. The zero-order valence-electron chi connectivity index (χ0n) is 7.93. The van der Waals surface area contributed by atoms with Gasteiger partial charge in [0.25, 0.3) is 0 Å². The van der Waals surface area contributed by atoms with Crippen molar-refractivity contribution in [3.63, 3.8) is 0 Å². The van der Waals surface area contributed by atoms with Crippen LogP contribution >= 0.6 is 9.39 Å². The van der Waals surface area contributed by atoms with E-state index in [0.29, 0.717) is 0 Å². The third-order valence-electron chi connectivity index (χ3n) is 1.88. The highest BCUT2D eigenvalue weighted by molar-refractivity contribution is 7.13. The van der Waals surface area contributed by atoms with E-state index in [2.05, 4.69) is 34.8 Å². The number of hydrogen-bond donors (Lipinski definition) is 1. The van der Waals surface area contributed by atoms with Crippen molar-refractivity contribution >= 4 is 9.39 Å². The Morgan fingerprint density at radius 1 is 1.45 bits per heavy atom. The zero-order chi connectivity index (χ0) is 8.91. The van der Waals surface area contributed by atoms with E-state index in [4.69, 9.17) is 5.73 Å². The molecule has 0 bridgehead atoms. The molecule has 0 aromatic carbocycles. The quantitative estimate of drug-likeness (QED) is 0.645. The maximum Gasteiger partial charge on any atom is 0.0255 e. The van der Waals surface area contributed by atoms with Gasteiger partial charge in [-0.25, -0.2) is 0 Å². The van der Waals surface area contributed by atoms with Crippen molar-refractivity contribution in [3.05, 3.63) is 0 Å². The van der Waals surface area contributed by atoms with Crippen LogP contribution in [0.3, 0.4) is 0 Å². The van der Waals surface area contributed by atoms with Gasteiger partial charge in [0.2, 0.25) is 0 Å². The maximum atomic E-state index is 5.99. The first kappa shape index (κ1) is 11.4. The number of rotatable bonds is 5. The average Bonchev–Trinajstić information content (AvgIpc) is 1.87. The van der Waals surface area contributed by atoms with Gasteiger partial charge in [-0.2, -0.15) is 0 Å². The van der Waals surface area contributed by atoms with Crippen molar-refractivity contribution in [2.24, 2.45) is 5.73 Å². The van der Waals surface area contributed by atoms with Gasteiger partial charge in [0.1, 0.15) is 0 Å². The molecule has 68 valence electrons. The predicted octanol–water partition coefficient (Wildman–Crippen LogP) is 1.62. The first-order chi connectivity index (χ1) is 5.02. The lowest BCUT2D eigenvalue weighted by molar-refractivity contribution is 0.332. The molecule has 2 N–H and O–H groups in total. The number of nitrogens with two attached hydrogens (primary N) is 1. The molecule has 0 aliphatic rings. The van der Waals surface area contributed by atoms with E-state index in [-0.39, 0.29) is 5.54 Å². The second-order valence-corrected chi connectivity index (χ2v) is 4.21. The molecule has 0 amide bonds. The molecule has 2 unspecified atom stereocenters. The Bertz CT molecular complexity index is 104. The van der Waals surface area contributed by atoms with Gasteiger partial charge in [-0.3, -0.25) is 4.67 Å². The summed E-state index contributed by atoms with van der Waals surface area (Å²) in [5, 5.41) is 0. The van der Waals surface area contributed by atoms with Crippen molar-refractivity contribution in [2.45, 2.75) is 39.2 Å². The van der Waals surface area contributed by atoms with Gasteiger partial charge in [0.05, 0.1) is 0 Å². The van der Waals surface area contributed by atoms with E-state index in [1.807, 2.05) is 0 Å². The van der Waals surface area contributed by atoms with Crippen LogP contribution in [0.4, 0.5) is 0 Å². The zero-order valence-corrected chi connectivity index (χ0v) is 9.09. The first-order valence-corrected chi connectivity index (χ1v) is 4.82. The second-order valence-electron chi connectivity index (χ2n) is 3.48. The smallest absolute Gasteiger partial charge is 0.0255 e. The summed E-state index contributed by atoms with van der Waals surface area (Å²) in [5.41, 5.74) is 5.96. The molecule has 0 heterocycles. The van der Waals surface area contributed by atoms with E-state index >= 15 is 0 Å². The first-order valence-electron chi connectivity index (χ1n) is 4.30. The van der Waals surface area contributed by atoms with Gasteiger partial charge in [-0.1, -0.05) is 23.2 Å². The third kappa shape index (κ3) is 5.60.